The van der Waals surface area contributed by atoms with E-state index in [1.54, 1.807) is 0 Å². The molecule has 6 heteroatoms. The van der Waals surface area contributed by atoms with Crippen LogP contribution in [0.5, 0.6) is 11.5 Å². The number of benzene rings is 2. The molecule has 2 aromatic carbocycles. The fraction of sp³-hybridized carbons (Fsp3) is 0. The molecule has 0 fully saturated rings. The van der Waals surface area contributed by atoms with E-state index in [4.69, 9.17) is 26.7 Å². The minimum Gasteiger partial charge on any atom is -0.478 e. The predicted molar refractivity (Wildman–Crippen MR) is 69.6 cm³/mol. The van der Waals surface area contributed by atoms with E-state index in [0.717, 1.165) is 18.2 Å². The van der Waals surface area contributed by atoms with E-state index in [9.17, 15) is 9.18 Å². The Morgan fingerprint density at radius 3 is 2.65 bits per heavy atom. The van der Waals surface area contributed by atoms with Crippen LogP contribution >= 0.6 is 11.6 Å². The van der Waals surface area contributed by atoms with Crippen LogP contribution in [-0.4, -0.2) is 11.1 Å². The fourth-order valence-electron chi connectivity index (χ4n) is 1.55. The van der Waals surface area contributed by atoms with Crippen molar-refractivity contribution in [1.82, 2.24) is 0 Å². The number of carboxylic acid groups (broad SMARTS) is 1. The Bertz CT molecular complexity index is 725. The summed E-state index contributed by atoms with van der Waals surface area (Å²) < 4.78 is 18.5. The molecule has 0 aromatic heterocycles. The largest absolute Gasteiger partial charge is 0.478 e. The molecule has 20 heavy (non-hydrogen) atoms. The molecule has 0 aliphatic heterocycles. The quantitative estimate of drug-likeness (QED) is 0.932. The molecule has 1 N–H and O–H groups in total. The van der Waals surface area contributed by atoms with E-state index in [1.807, 2.05) is 6.07 Å². The minimum atomic E-state index is -1.26. The zero-order chi connectivity index (χ0) is 14.7. The first kappa shape index (κ1) is 13.8. The smallest absolute Gasteiger partial charge is 0.339 e. The van der Waals surface area contributed by atoms with Crippen molar-refractivity contribution in [3.63, 3.8) is 0 Å². The Labute approximate surface area is 118 Å². The zero-order valence-electron chi connectivity index (χ0n) is 9.93. The molecule has 0 aliphatic rings. The maximum Gasteiger partial charge on any atom is 0.339 e. The Morgan fingerprint density at radius 1 is 1.25 bits per heavy atom. The first-order valence-corrected chi connectivity index (χ1v) is 5.79. The highest BCUT2D eigenvalue weighted by atomic mass is 35.5. The molecule has 0 unspecified atom stereocenters. The van der Waals surface area contributed by atoms with Crippen molar-refractivity contribution in [1.29, 1.82) is 5.26 Å². The Balaban J connectivity index is 2.50. The first-order chi connectivity index (χ1) is 9.51. The van der Waals surface area contributed by atoms with Crippen molar-refractivity contribution in [2.75, 3.05) is 0 Å². The summed E-state index contributed by atoms with van der Waals surface area (Å²) >= 11 is 5.79. The number of hydrogen-bond acceptors (Lipinski definition) is 3. The number of nitrogens with zero attached hydrogens (tertiary/aromatic N) is 1. The summed E-state index contributed by atoms with van der Waals surface area (Å²) in [4.78, 5) is 11.1. The summed E-state index contributed by atoms with van der Waals surface area (Å²) in [5, 5.41) is 18.3. The van der Waals surface area contributed by atoms with Crippen molar-refractivity contribution in [2.24, 2.45) is 0 Å². The van der Waals surface area contributed by atoms with Gasteiger partial charge >= 0.3 is 5.97 Å². The molecule has 0 atom stereocenters. The maximum absolute atomic E-state index is 13.2. The van der Waals surface area contributed by atoms with Gasteiger partial charge in [0.1, 0.15) is 28.9 Å². The van der Waals surface area contributed by atoms with Gasteiger partial charge in [-0.3, -0.25) is 0 Å². The molecule has 2 rings (SSSR count). The summed E-state index contributed by atoms with van der Waals surface area (Å²) in [7, 11) is 0. The van der Waals surface area contributed by atoms with Crippen LogP contribution in [0.15, 0.2) is 36.4 Å². The second kappa shape index (κ2) is 5.59. The van der Waals surface area contributed by atoms with E-state index < -0.39 is 11.8 Å². The third-order valence-electron chi connectivity index (χ3n) is 2.46. The van der Waals surface area contributed by atoms with Crippen LogP contribution < -0.4 is 4.74 Å². The topological polar surface area (TPSA) is 70.3 Å². The van der Waals surface area contributed by atoms with Gasteiger partial charge in [-0.2, -0.15) is 5.26 Å². The summed E-state index contributed by atoms with van der Waals surface area (Å²) in [6.07, 6.45) is 0. The molecule has 0 aliphatic carbocycles. The van der Waals surface area contributed by atoms with E-state index in [2.05, 4.69) is 0 Å². The molecule has 2 aromatic rings. The summed E-state index contributed by atoms with van der Waals surface area (Å²) in [6, 6.07) is 9.20. The van der Waals surface area contributed by atoms with Crippen LogP contribution in [0, 0.1) is 17.1 Å². The van der Waals surface area contributed by atoms with Crippen molar-refractivity contribution in [3.05, 3.63) is 58.4 Å². The number of carboxylic acids is 1. The average Bonchev–Trinajstić information content (AvgIpc) is 2.38. The molecule has 0 amide bonds. The fourth-order valence-corrected chi connectivity index (χ4v) is 1.71. The average molecular weight is 292 g/mol. The van der Waals surface area contributed by atoms with Crippen molar-refractivity contribution in [2.45, 2.75) is 0 Å². The third kappa shape index (κ3) is 2.87. The highest BCUT2D eigenvalue weighted by Crippen LogP contribution is 2.30. The lowest BCUT2D eigenvalue weighted by Gasteiger charge is -2.10. The van der Waals surface area contributed by atoms with E-state index in [0.29, 0.717) is 5.02 Å². The van der Waals surface area contributed by atoms with Crippen molar-refractivity contribution in [3.8, 4) is 17.6 Å². The van der Waals surface area contributed by atoms with Crippen LogP contribution in [0.1, 0.15) is 15.9 Å². The van der Waals surface area contributed by atoms with Gasteiger partial charge in [0.25, 0.3) is 0 Å². The minimum absolute atomic E-state index is 0.0631. The van der Waals surface area contributed by atoms with Gasteiger partial charge in [-0.15, -0.1) is 0 Å². The second-order valence-electron chi connectivity index (χ2n) is 3.80. The molecule has 0 saturated heterocycles. The molecular weight excluding hydrogens is 285 g/mol. The lowest BCUT2D eigenvalue weighted by atomic mass is 10.2. The summed E-state index contributed by atoms with van der Waals surface area (Å²) in [5.74, 6) is -2.05. The van der Waals surface area contributed by atoms with Crippen LogP contribution in [0.25, 0.3) is 0 Å². The molecule has 0 radical (unpaired) electrons. The Hall–Kier alpha value is -2.58. The Kier molecular flexibility index (Phi) is 3.87. The molecule has 100 valence electrons. The number of ether oxygens (including phenoxy) is 1. The number of hydrogen-bond donors (Lipinski definition) is 1. The lowest BCUT2D eigenvalue weighted by Crippen LogP contribution is -2.01. The van der Waals surface area contributed by atoms with Gasteiger partial charge in [0.2, 0.25) is 0 Å². The maximum atomic E-state index is 13.2. The van der Waals surface area contributed by atoms with Gasteiger partial charge in [-0.05, 0) is 24.3 Å². The van der Waals surface area contributed by atoms with E-state index in [1.165, 1.54) is 18.2 Å². The monoisotopic (exact) mass is 291 g/mol. The van der Waals surface area contributed by atoms with Gasteiger partial charge in [-0.1, -0.05) is 11.6 Å². The summed E-state index contributed by atoms with van der Waals surface area (Å²) in [5.41, 5.74) is -0.0507. The third-order valence-corrected chi connectivity index (χ3v) is 2.69. The highest BCUT2D eigenvalue weighted by Gasteiger charge is 2.15. The van der Waals surface area contributed by atoms with Crippen LogP contribution in [0.2, 0.25) is 5.02 Å². The zero-order valence-corrected chi connectivity index (χ0v) is 10.7. The molecule has 0 bridgehead atoms. The van der Waals surface area contributed by atoms with Gasteiger partial charge in [0.15, 0.2) is 0 Å². The molecule has 0 spiro atoms. The second-order valence-corrected chi connectivity index (χ2v) is 4.24. The van der Waals surface area contributed by atoms with Crippen LogP contribution in [0.3, 0.4) is 0 Å². The molecule has 4 nitrogen and oxygen atoms in total. The van der Waals surface area contributed by atoms with Gasteiger partial charge in [-0.25, -0.2) is 9.18 Å². The molecule has 0 heterocycles. The molecule has 0 saturated carbocycles. The SMILES string of the molecule is N#Cc1ccc(Cl)cc1Oc1cc(F)ccc1C(=O)O. The van der Waals surface area contributed by atoms with Gasteiger partial charge in [0.05, 0.1) is 5.56 Å². The first-order valence-electron chi connectivity index (χ1n) is 5.41. The summed E-state index contributed by atoms with van der Waals surface area (Å²) in [6.45, 7) is 0. The predicted octanol–water partition coefficient (Wildman–Crippen LogP) is 3.84. The van der Waals surface area contributed by atoms with Crippen molar-refractivity contribution < 1.29 is 19.0 Å². The van der Waals surface area contributed by atoms with E-state index in [-0.39, 0.29) is 22.6 Å². The van der Waals surface area contributed by atoms with Crippen LogP contribution in [-0.2, 0) is 0 Å². The normalized spacial score (nSPS) is 9.85. The standard InChI is InChI=1S/C14H7ClFNO3/c15-9-2-1-8(7-17)12(5-9)20-13-6-10(16)3-4-11(13)14(18)19/h1-6H,(H,18,19). The van der Waals surface area contributed by atoms with Crippen molar-refractivity contribution >= 4 is 17.6 Å². The lowest BCUT2D eigenvalue weighted by molar-refractivity contribution is 0.0694. The molecular formula is C14H7ClFNO3. The number of nitriles is 1. The van der Waals surface area contributed by atoms with Gasteiger partial charge in [0, 0.05) is 17.2 Å². The van der Waals surface area contributed by atoms with Crippen LogP contribution in [0.4, 0.5) is 4.39 Å². The Morgan fingerprint density at radius 2 is 2.00 bits per heavy atom. The number of rotatable bonds is 3. The highest BCUT2D eigenvalue weighted by molar-refractivity contribution is 6.30. The number of carbonyl (C=O) groups is 1. The van der Waals surface area contributed by atoms with E-state index >= 15 is 0 Å². The van der Waals surface area contributed by atoms with Gasteiger partial charge < -0.3 is 9.84 Å². The number of aromatic carboxylic acids is 1. The number of halogens is 2.